The Kier molecular flexibility index (Phi) is 8.96. The number of aromatic nitrogens is 1. The molecule has 1 aliphatic rings. The Morgan fingerprint density at radius 3 is 2.77 bits per heavy atom. The van der Waals surface area contributed by atoms with Crippen LogP contribution in [0.25, 0.3) is 11.5 Å². The van der Waals surface area contributed by atoms with Crippen molar-refractivity contribution in [2.75, 3.05) is 26.7 Å². The highest BCUT2D eigenvalue weighted by molar-refractivity contribution is 5.85. The minimum atomic E-state index is -0.924. The largest absolute Gasteiger partial charge is 0.441 e. The first kappa shape index (κ1) is 22.8. The lowest BCUT2D eigenvalue weighted by atomic mass is 9.99. The first-order valence-electron chi connectivity index (χ1n) is 8.34. The van der Waals surface area contributed by atoms with Gasteiger partial charge >= 0.3 is 0 Å². The average molecular weight is 408 g/mol. The van der Waals surface area contributed by atoms with Crippen LogP contribution in [0.3, 0.4) is 0 Å². The number of hydrogen-bond donors (Lipinski definition) is 1. The van der Waals surface area contributed by atoms with Crippen LogP contribution in [0, 0.1) is 24.5 Å². The van der Waals surface area contributed by atoms with Gasteiger partial charge in [-0.2, -0.15) is 0 Å². The van der Waals surface area contributed by atoms with Gasteiger partial charge in [0.15, 0.2) is 11.6 Å². The zero-order valence-corrected chi connectivity index (χ0v) is 16.6. The summed E-state index contributed by atoms with van der Waals surface area (Å²) < 4.78 is 32.9. The fourth-order valence-electron chi connectivity index (χ4n) is 3.20. The molecule has 1 N–H and O–H groups in total. The number of rotatable bonds is 5. The first-order valence-corrected chi connectivity index (χ1v) is 8.34. The van der Waals surface area contributed by atoms with Gasteiger partial charge in [0.25, 0.3) is 0 Å². The lowest BCUT2D eigenvalue weighted by Crippen LogP contribution is -2.36. The monoisotopic (exact) mass is 407 g/mol. The highest BCUT2D eigenvalue weighted by Crippen LogP contribution is 2.26. The van der Waals surface area contributed by atoms with E-state index in [0.717, 1.165) is 31.4 Å². The van der Waals surface area contributed by atoms with E-state index in [1.165, 1.54) is 25.0 Å². The normalized spacial score (nSPS) is 16.9. The van der Waals surface area contributed by atoms with Crippen LogP contribution in [0.15, 0.2) is 22.6 Å². The van der Waals surface area contributed by atoms with E-state index < -0.39 is 11.6 Å². The maximum absolute atomic E-state index is 13.9. The molecule has 8 heteroatoms. The summed E-state index contributed by atoms with van der Waals surface area (Å²) >= 11 is 0. The van der Waals surface area contributed by atoms with E-state index >= 15 is 0 Å². The molecule has 1 unspecified atom stereocenters. The molecule has 0 spiro atoms. The lowest BCUT2D eigenvalue weighted by Gasteiger charge is -2.27. The third-order valence-electron chi connectivity index (χ3n) is 4.46. The Bertz CT molecular complexity index is 706. The lowest BCUT2D eigenvalue weighted by molar-refractivity contribution is 0.235. The molecule has 0 aliphatic carbocycles. The van der Waals surface area contributed by atoms with Crippen molar-refractivity contribution in [2.45, 2.75) is 26.3 Å². The molecule has 1 atom stereocenters. The summed E-state index contributed by atoms with van der Waals surface area (Å²) in [6.45, 7) is 5.55. The van der Waals surface area contributed by atoms with E-state index in [-0.39, 0.29) is 36.3 Å². The van der Waals surface area contributed by atoms with E-state index in [1.807, 2.05) is 7.05 Å². The average Bonchev–Trinajstić information content (AvgIpc) is 2.91. The Morgan fingerprint density at radius 2 is 2.08 bits per heavy atom. The standard InChI is InChI=1S/C18H23F2N3O.2ClH/c1-12-16(11-23(2)10-13-5-4-8-21-9-13)22-18(24-12)14-6-3-7-15(19)17(14)20;;/h3,6-7,13,21H,4-5,8-11H2,1-2H3;2*1H. The molecule has 4 nitrogen and oxygen atoms in total. The van der Waals surface area contributed by atoms with Gasteiger partial charge in [0.05, 0.1) is 11.3 Å². The summed E-state index contributed by atoms with van der Waals surface area (Å²) in [4.78, 5) is 6.59. The SMILES string of the molecule is Cc1oc(-c2cccc(F)c2F)nc1CN(C)CC1CCCNC1.Cl.Cl. The van der Waals surface area contributed by atoms with E-state index in [4.69, 9.17) is 4.42 Å². The zero-order chi connectivity index (χ0) is 17.1. The number of oxazole rings is 1. The van der Waals surface area contributed by atoms with Crippen molar-refractivity contribution in [3.8, 4) is 11.5 Å². The molecule has 1 saturated heterocycles. The van der Waals surface area contributed by atoms with Crippen molar-refractivity contribution >= 4 is 24.8 Å². The van der Waals surface area contributed by atoms with Crippen molar-refractivity contribution in [1.29, 1.82) is 0 Å². The fraction of sp³-hybridized carbons (Fsp3) is 0.500. The number of nitrogens with one attached hydrogen (secondary N) is 1. The summed E-state index contributed by atoms with van der Waals surface area (Å²) in [5, 5.41) is 3.41. The Morgan fingerprint density at radius 1 is 1.31 bits per heavy atom. The summed E-state index contributed by atoms with van der Waals surface area (Å²) in [6.07, 6.45) is 2.44. The Labute approximate surface area is 165 Å². The minimum absolute atomic E-state index is 0. The highest BCUT2D eigenvalue weighted by Gasteiger charge is 2.20. The molecule has 26 heavy (non-hydrogen) atoms. The number of halogens is 4. The number of hydrogen-bond acceptors (Lipinski definition) is 4. The molecule has 2 aromatic rings. The van der Waals surface area contributed by atoms with Gasteiger partial charge in [-0.1, -0.05) is 6.07 Å². The topological polar surface area (TPSA) is 41.3 Å². The molecule has 1 aromatic carbocycles. The van der Waals surface area contributed by atoms with Gasteiger partial charge in [-0.05, 0) is 58.0 Å². The molecule has 1 fully saturated rings. The van der Waals surface area contributed by atoms with Crippen LogP contribution in [-0.4, -0.2) is 36.6 Å². The minimum Gasteiger partial charge on any atom is -0.441 e. The smallest absolute Gasteiger partial charge is 0.229 e. The molecule has 0 saturated carbocycles. The molecule has 0 amide bonds. The third-order valence-corrected chi connectivity index (χ3v) is 4.46. The number of benzene rings is 1. The second-order valence-corrected chi connectivity index (χ2v) is 6.53. The van der Waals surface area contributed by atoms with Gasteiger partial charge in [0.2, 0.25) is 5.89 Å². The second kappa shape index (κ2) is 10.2. The summed E-state index contributed by atoms with van der Waals surface area (Å²) in [7, 11) is 2.05. The van der Waals surface area contributed by atoms with E-state index in [1.54, 1.807) is 6.92 Å². The van der Waals surface area contributed by atoms with Gasteiger partial charge in [0, 0.05) is 13.1 Å². The van der Waals surface area contributed by atoms with E-state index in [2.05, 4.69) is 15.2 Å². The van der Waals surface area contributed by atoms with Crippen LogP contribution in [0.4, 0.5) is 8.78 Å². The van der Waals surface area contributed by atoms with Crippen molar-refractivity contribution in [3.63, 3.8) is 0 Å². The van der Waals surface area contributed by atoms with E-state index in [0.29, 0.717) is 18.2 Å². The molecule has 3 rings (SSSR count). The molecule has 0 bridgehead atoms. The maximum Gasteiger partial charge on any atom is 0.229 e. The van der Waals surface area contributed by atoms with Crippen molar-refractivity contribution in [3.05, 3.63) is 41.3 Å². The van der Waals surface area contributed by atoms with Crippen LogP contribution in [0.1, 0.15) is 24.3 Å². The molecular formula is C18H25Cl2F2N3O. The molecule has 2 heterocycles. The number of aryl methyl sites for hydroxylation is 1. The van der Waals surface area contributed by atoms with Crippen LogP contribution in [0.2, 0.25) is 0 Å². The fourth-order valence-corrected chi connectivity index (χ4v) is 3.20. The third kappa shape index (κ3) is 5.39. The summed E-state index contributed by atoms with van der Waals surface area (Å²) in [5.41, 5.74) is 0.823. The Hall–Kier alpha value is -1.21. The van der Waals surface area contributed by atoms with Crippen LogP contribution in [-0.2, 0) is 6.54 Å². The predicted octanol–water partition coefficient (Wildman–Crippen LogP) is 4.20. The van der Waals surface area contributed by atoms with Gasteiger partial charge < -0.3 is 14.6 Å². The van der Waals surface area contributed by atoms with Crippen molar-refractivity contribution in [2.24, 2.45) is 5.92 Å². The van der Waals surface area contributed by atoms with Gasteiger partial charge in [-0.3, -0.25) is 0 Å². The van der Waals surface area contributed by atoms with Crippen LogP contribution >= 0.6 is 24.8 Å². The Balaban J connectivity index is 0.00000169. The number of nitrogens with zero attached hydrogens (tertiary/aromatic N) is 2. The van der Waals surface area contributed by atoms with Crippen LogP contribution < -0.4 is 5.32 Å². The summed E-state index contributed by atoms with van der Waals surface area (Å²) in [5.74, 6) is -0.413. The molecule has 1 aromatic heterocycles. The molecule has 0 radical (unpaired) electrons. The highest BCUT2D eigenvalue weighted by atomic mass is 35.5. The quantitative estimate of drug-likeness (QED) is 0.805. The van der Waals surface area contributed by atoms with Gasteiger partial charge in [-0.25, -0.2) is 13.8 Å². The molecule has 146 valence electrons. The number of piperidine rings is 1. The van der Waals surface area contributed by atoms with Crippen molar-refractivity contribution < 1.29 is 13.2 Å². The molecular weight excluding hydrogens is 383 g/mol. The zero-order valence-electron chi connectivity index (χ0n) is 14.9. The maximum atomic E-state index is 13.9. The van der Waals surface area contributed by atoms with Crippen molar-refractivity contribution in [1.82, 2.24) is 15.2 Å². The van der Waals surface area contributed by atoms with Crippen LogP contribution in [0.5, 0.6) is 0 Å². The van der Waals surface area contributed by atoms with Gasteiger partial charge in [0.1, 0.15) is 5.76 Å². The van der Waals surface area contributed by atoms with Gasteiger partial charge in [-0.15, -0.1) is 24.8 Å². The molecule has 1 aliphatic heterocycles. The first-order chi connectivity index (χ1) is 11.5. The predicted molar refractivity (Wildman–Crippen MR) is 103 cm³/mol. The second-order valence-electron chi connectivity index (χ2n) is 6.53. The summed E-state index contributed by atoms with van der Waals surface area (Å²) in [6, 6.07) is 4.02. The van der Waals surface area contributed by atoms with E-state index in [9.17, 15) is 8.78 Å².